The van der Waals surface area contributed by atoms with Crippen LogP contribution in [0.15, 0.2) is 18.2 Å². The van der Waals surface area contributed by atoms with Crippen LogP contribution >= 0.6 is 0 Å². The van der Waals surface area contributed by atoms with E-state index >= 15 is 0 Å². The molecule has 1 aliphatic carbocycles. The van der Waals surface area contributed by atoms with E-state index in [-0.39, 0.29) is 0 Å². The van der Waals surface area contributed by atoms with Crippen LogP contribution in [0.25, 0.3) is 0 Å². The van der Waals surface area contributed by atoms with Crippen molar-refractivity contribution in [1.82, 2.24) is 10.2 Å². The average Bonchev–Trinajstić information content (AvgIpc) is 2.46. The van der Waals surface area contributed by atoms with Gasteiger partial charge < -0.3 is 10.2 Å². The summed E-state index contributed by atoms with van der Waals surface area (Å²) in [4.78, 5) is 2.33. The first-order valence-corrected chi connectivity index (χ1v) is 8.50. The highest BCUT2D eigenvalue weighted by atomic mass is 15.1. The Morgan fingerprint density at radius 1 is 1.05 bits per heavy atom. The van der Waals surface area contributed by atoms with Crippen LogP contribution in [0.3, 0.4) is 0 Å². The maximum absolute atomic E-state index is 3.73. The van der Waals surface area contributed by atoms with Crippen LogP contribution in [0.2, 0.25) is 0 Å². The minimum absolute atomic E-state index is 0.429. The molecule has 1 aliphatic rings. The van der Waals surface area contributed by atoms with E-state index in [2.05, 4.69) is 63.3 Å². The van der Waals surface area contributed by atoms with Gasteiger partial charge in [-0.15, -0.1) is 0 Å². The third kappa shape index (κ3) is 4.31. The van der Waals surface area contributed by atoms with Crippen molar-refractivity contribution < 1.29 is 0 Å². The lowest BCUT2D eigenvalue weighted by atomic mass is 9.89. The third-order valence-electron chi connectivity index (χ3n) is 4.94. The molecule has 0 spiro atoms. The van der Waals surface area contributed by atoms with Gasteiger partial charge in [-0.2, -0.15) is 0 Å². The molecule has 21 heavy (non-hydrogen) atoms. The lowest BCUT2D eigenvalue weighted by molar-refractivity contribution is 0.220. The Morgan fingerprint density at radius 3 is 2.33 bits per heavy atom. The second-order valence-corrected chi connectivity index (χ2v) is 7.14. The number of hydrogen-bond acceptors (Lipinski definition) is 2. The summed E-state index contributed by atoms with van der Waals surface area (Å²) in [7, 11) is 4.35. The smallest absolute Gasteiger partial charge is 0.0292 e. The lowest BCUT2D eigenvalue weighted by Gasteiger charge is -2.30. The van der Waals surface area contributed by atoms with Gasteiger partial charge in [-0.25, -0.2) is 0 Å². The number of nitrogens with one attached hydrogen (secondary N) is 1. The van der Waals surface area contributed by atoms with Gasteiger partial charge >= 0.3 is 0 Å². The number of benzene rings is 1. The topological polar surface area (TPSA) is 15.3 Å². The third-order valence-corrected chi connectivity index (χ3v) is 4.94. The quantitative estimate of drug-likeness (QED) is 0.856. The van der Waals surface area contributed by atoms with E-state index in [4.69, 9.17) is 0 Å². The Kier molecular flexibility index (Phi) is 5.83. The van der Waals surface area contributed by atoms with E-state index < -0.39 is 0 Å². The SMILES string of the molecule is CC(NCC(C(C)C)N(C)C)c1ccc2c(c1)CCCC2. The Morgan fingerprint density at radius 2 is 1.71 bits per heavy atom. The Labute approximate surface area is 130 Å². The first-order chi connectivity index (χ1) is 9.99. The molecule has 2 atom stereocenters. The lowest BCUT2D eigenvalue weighted by Crippen LogP contribution is -2.42. The molecule has 2 unspecified atom stereocenters. The predicted molar refractivity (Wildman–Crippen MR) is 91.8 cm³/mol. The zero-order chi connectivity index (χ0) is 15.4. The van der Waals surface area contributed by atoms with E-state index in [1.807, 2.05) is 0 Å². The van der Waals surface area contributed by atoms with Gasteiger partial charge in [-0.05, 0) is 69.3 Å². The molecule has 0 saturated carbocycles. The van der Waals surface area contributed by atoms with Crippen molar-refractivity contribution >= 4 is 0 Å². The van der Waals surface area contributed by atoms with Gasteiger partial charge in [-0.1, -0.05) is 32.0 Å². The van der Waals surface area contributed by atoms with Crippen molar-refractivity contribution in [3.63, 3.8) is 0 Å². The Balaban J connectivity index is 1.98. The van der Waals surface area contributed by atoms with Gasteiger partial charge in [0.1, 0.15) is 0 Å². The van der Waals surface area contributed by atoms with Gasteiger partial charge in [0.25, 0.3) is 0 Å². The fraction of sp³-hybridized carbons (Fsp3) is 0.684. The molecule has 1 aromatic carbocycles. The fourth-order valence-electron chi connectivity index (χ4n) is 3.45. The van der Waals surface area contributed by atoms with E-state index in [1.54, 1.807) is 11.1 Å². The highest BCUT2D eigenvalue weighted by Gasteiger charge is 2.17. The maximum Gasteiger partial charge on any atom is 0.0292 e. The number of rotatable bonds is 6. The van der Waals surface area contributed by atoms with Crippen LogP contribution in [-0.4, -0.2) is 31.6 Å². The molecular formula is C19H32N2. The van der Waals surface area contributed by atoms with Crippen LogP contribution in [0.4, 0.5) is 0 Å². The van der Waals surface area contributed by atoms with Crippen molar-refractivity contribution in [3.8, 4) is 0 Å². The van der Waals surface area contributed by atoms with Crippen LogP contribution < -0.4 is 5.32 Å². The molecule has 118 valence electrons. The molecule has 0 aromatic heterocycles. The molecule has 0 aliphatic heterocycles. The molecule has 0 bridgehead atoms. The molecule has 2 rings (SSSR count). The summed E-state index contributed by atoms with van der Waals surface area (Å²) in [5, 5.41) is 3.73. The second kappa shape index (κ2) is 7.42. The van der Waals surface area contributed by atoms with E-state index in [1.165, 1.54) is 31.2 Å². The number of fused-ring (bicyclic) bond motifs is 1. The number of hydrogen-bond donors (Lipinski definition) is 1. The van der Waals surface area contributed by atoms with Gasteiger partial charge in [0.05, 0.1) is 0 Å². The normalized spacial score (nSPS) is 17.9. The highest BCUT2D eigenvalue weighted by Crippen LogP contribution is 2.24. The maximum atomic E-state index is 3.73. The molecule has 1 N–H and O–H groups in total. The molecule has 0 saturated heterocycles. The van der Waals surface area contributed by atoms with Crippen LogP contribution in [0, 0.1) is 5.92 Å². The Hall–Kier alpha value is -0.860. The summed E-state index contributed by atoms with van der Waals surface area (Å²) in [6.45, 7) is 7.94. The standard InChI is InChI=1S/C19H32N2/c1-14(2)19(21(4)5)13-20-15(3)17-11-10-16-8-6-7-9-18(16)12-17/h10-12,14-15,19-20H,6-9,13H2,1-5H3. The minimum atomic E-state index is 0.429. The zero-order valence-electron chi connectivity index (χ0n) is 14.4. The van der Waals surface area contributed by atoms with Crippen LogP contribution in [0.1, 0.15) is 56.3 Å². The summed E-state index contributed by atoms with van der Waals surface area (Å²) in [5.41, 5.74) is 4.60. The summed E-state index contributed by atoms with van der Waals surface area (Å²) >= 11 is 0. The first-order valence-electron chi connectivity index (χ1n) is 8.50. The van der Waals surface area contributed by atoms with E-state index in [9.17, 15) is 0 Å². The molecule has 0 radical (unpaired) electrons. The van der Waals surface area contributed by atoms with E-state index in [0.29, 0.717) is 18.0 Å². The molecule has 1 aromatic rings. The molecular weight excluding hydrogens is 256 g/mol. The first kappa shape index (κ1) is 16.5. The van der Waals surface area contributed by atoms with Crippen molar-refractivity contribution in [3.05, 3.63) is 34.9 Å². The van der Waals surface area contributed by atoms with Crippen molar-refractivity contribution in [1.29, 1.82) is 0 Å². The van der Waals surface area contributed by atoms with Gasteiger partial charge in [0.2, 0.25) is 0 Å². The van der Waals surface area contributed by atoms with Gasteiger partial charge in [0.15, 0.2) is 0 Å². The van der Waals surface area contributed by atoms with Crippen molar-refractivity contribution in [2.24, 2.45) is 5.92 Å². The minimum Gasteiger partial charge on any atom is -0.309 e. The predicted octanol–water partition coefficient (Wildman–Crippen LogP) is 3.80. The van der Waals surface area contributed by atoms with Gasteiger partial charge in [-0.3, -0.25) is 0 Å². The average molecular weight is 288 g/mol. The molecule has 0 heterocycles. The fourth-order valence-corrected chi connectivity index (χ4v) is 3.45. The van der Waals surface area contributed by atoms with Crippen LogP contribution in [0.5, 0.6) is 0 Å². The summed E-state index contributed by atoms with van der Waals surface area (Å²) in [6.07, 6.45) is 5.25. The highest BCUT2D eigenvalue weighted by molar-refractivity contribution is 5.35. The summed E-state index contributed by atoms with van der Waals surface area (Å²) in [6, 6.07) is 8.13. The van der Waals surface area contributed by atoms with Crippen molar-refractivity contribution in [2.75, 3.05) is 20.6 Å². The number of likely N-dealkylation sites (N-methyl/N-ethyl adjacent to an activating group) is 1. The number of nitrogens with zero attached hydrogens (tertiary/aromatic N) is 1. The molecule has 2 nitrogen and oxygen atoms in total. The Bertz CT molecular complexity index is 443. The van der Waals surface area contributed by atoms with E-state index in [0.717, 1.165) is 6.54 Å². The summed E-state index contributed by atoms with van der Waals surface area (Å²) < 4.78 is 0. The summed E-state index contributed by atoms with van der Waals surface area (Å²) in [5.74, 6) is 0.670. The van der Waals surface area contributed by atoms with Crippen molar-refractivity contribution in [2.45, 2.75) is 58.5 Å². The van der Waals surface area contributed by atoms with Gasteiger partial charge in [0, 0.05) is 18.6 Å². The second-order valence-electron chi connectivity index (χ2n) is 7.14. The zero-order valence-corrected chi connectivity index (χ0v) is 14.4. The largest absolute Gasteiger partial charge is 0.309 e. The molecule has 0 fully saturated rings. The monoisotopic (exact) mass is 288 g/mol. The molecule has 2 heteroatoms. The van der Waals surface area contributed by atoms with Crippen LogP contribution in [-0.2, 0) is 12.8 Å². The number of aryl methyl sites for hydroxylation is 2. The molecule has 0 amide bonds.